The quantitative estimate of drug-likeness (QED) is 0.143. The number of benzene rings is 3. The van der Waals surface area contributed by atoms with Gasteiger partial charge in [0.1, 0.15) is 5.60 Å². The average Bonchev–Trinajstić information content (AvgIpc) is 3.04. The second kappa shape index (κ2) is 16.8. The highest BCUT2D eigenvalue weighted by molar-refractivity contribution is 5.88. The monoisotopic (exact) mass is 663 g/mol. The van der Waals surface area contributed by atoms with Crippen molar-refractivity contribution in [3.63, 3.8) is 0 Å². The number of nitrogens with zero attached hydrogens (tertiary/aromatic N) is 1. The zero-order valence-corrected chi connectivity index (χ0v) is 28.0. The molecule has 48 heavy (non-hydrogen) atoms. The van der Waals surface area contributed by atoms with Crippen molar-refractivity contribution in [2.75, 3.05) is 19.6 Å². The molecule has 0 amide bonds. The maximum absolute atomic E-state index is 12.1. The largest absolute Gasteiger partial charge is 0.481 e. The molecule has 0 aromatic heterocycles. The summed E-state index contributed by atoms with van der Waals surface area (Å²) in [5.41, 5.74) is 0.676. The van der Waals surface area contributed by atoms with Crippen LogP contribution in [-0.4, -0.2) is 78.7 Å². The molecule has 1 saturated heterocycles. The first-order valence-corrected chi connectivity index (χ1v) is 16.3. The Bertz CT molecular complexity index is 1410. The molecule has 4 rings (SSSR count). The minimum absolute atomic E-state index is 0.128. The van der Waals surface area contributed by atoms with Gasteiger partial charge in [0.05, 0.1) is 18.9 Å². The zero-order valence-electron chi connectivity index (χ0n) is 28.0. The van der Waals surface area contributed by atoms with Crippen LogP contribution in [-0.2, 0) is 25.4 Å². The molecule has 0 spiro atoms. The van der Waals surface area contributed by atoms with E-state index in [-0.39, 0.29) is 11.3 Å². The highest BCUT2D eigenvalue weighted by atomic mass is 16.4. The van der Waals surface area contributed by atoms with Crippen LogP contribution in [0.3, 0.4) is 0 Å². The van der Waals surface area contributed by atoms with Crippen LogP contribution >= 0.6 is 0 Å². The Kier molecular flexibility index (Phi) is 13.5. The molecule has 3 aromatic rings. The van der Waals surface area contributed by atoms with Crippen molar-refractivity contribution in [1.82, 2.24) is 4.90 Å². The maximum atomic E-state index is 12.1. The van der Waals surface area contributed by atoms with E-state index in [2.05, 4.69) is 74.2 Å². The lowest BCUT2D eigenvalue weighted by Gasteiger charge is -2.42. The van der Waals surface area contributed by atoms with Gasteiger partial charge in [0.25, 0.3) is 0 Å². The van der Waals surface area contributed by atoms with Crippen LogP contribution in [0.5, 0.6) is 0 Å². The van der Waals surface area contributed by atoms with E-state index < -0.39 is 48.1 Å². The van der Waals surface area contributed by atoms with E-state index in [0.717, 1.165) is 62.0 Å². The van der Waals surface area contributed by atoms with Crippen LogP contribution < -0.4 is 0 Å². The van der Waals surface area contributed by atoms with Gasteiger partial charge >= 0.3 is 17.9 Å². The number of aliphatic hydroxyl groups excluding tert-OH is 1. The molecule has 0 saturated carbocycles. The number of aliphatic carboxylic acids is 3. The first kappa shape index (κ1) is 38.4. The van der Waals surface area contributed by atoms with E-state index in [0.29, 0.717) is 0 Å². The van der Waals surface area contributed by atoms with Crippen molar-refractivity contribution < 1.29 is 45.0 Å². The van der Waals surface area contributed by atoms with E-state index >= 15 is 0 Å². The molecule has 1 fully saturated rings. The van der Waals surface area contributed by atoms with Crippen molar-refractivity contribution in [3.05, 3.63) is 107 Å². The second-order valence-corrected chi connectivity index (χ2v) is 13.6. The molecule has 6 N–H and O–H groups in total. The summed E-state index contributed by atoms with van der Waals surface area (Å²) < 4.78 is 0. The fraction of sp³-hybridized carbons (Fsp3) is 0.447. The molecule has 0 unspecified atom stereocenters. The molecule has 1 aliphatic heterocycles. The van der Waals surface area contributed by atoms with Crippen molar-refractivity contribution >= 4 is 17.9 Å². The van der Waals surface area contributed by atoms with Crippen LogP contribution in [0, 0.1) is 5.92 Å². The number of hydrogen-bond acceptors (Lipinski definition) is 7. The minimum Gasteiger partial charge on any atom is -0.481 e. The lowest BCUT2D eigenvalue weighted by molar-refractivity contribution is -0.170. The van der Waals surface area contributed by atoms with Gasteiger partial charge in [-0.15, -0.1) is 0 Å². The Labute approximate surface area is 282 Å². The topological polar surface area (TPSA) is 176 Å². The fourth-order valence-electron chi connectivity index (χ4n) is 6.19. The summed E-state index contributed by atoms with van der Waals surface area (Å²) in [5.74, 6) is -4.84. The van der Waals surface area contributed by atoms with E-state index in [1.807, 2.05) is 36.4 Å². The van der Waals surface area contributed by atoms with Gasteiger partial charge in [0, 0.05) is 0 Å². The molecule has 10 heteroatoms. The van der Waals surface area contributed by atoms with E-state index in [9.17, 15) is 24.6 Å². The molecule has 0 radical (unpaired) electrons. The minimum atomic E-state index is -2.74. The Balaban J connectivity index is 0.000000408. The Morgan fingerprint density at radius 1 is 0.729 bits per heavy atom. The third-order valence-corrected chi connectivity index (χ3v) is 9.01. The van der Waals surface area contributed by atoms with Gasteiger partial charge in [-0.25, -0.2) is 4.79 Å². The molecule has 1 heterocycles. The summed E-state index contributed by atoms with van der Waals surface area (Å²) in [6.07, 6.45) is 0.946. The van der Waals surface area contributed by atoms with Gasteiger partial charge in [-0.2, -0.15) is 0 Å². The lowest BCUT2D eigenvalue weighted by atomic mass is 9.72. The molecular formula is C38H49NO9. The predicted octanol–water partition coefficient (Wildman–Crippen LogP) is 5.20. The van der Waals surface area contributed by atoms with Crippen LogP contribution in [0.2, 0.25) is 0 Å². The number of carbonyl (C=O) groups is 3. The number of aliphatic hydroxyl groups is 3. The number of carboxylic acid groups (broad SMARTS) is 3. The summed E-state index contributed by atoms with van der Waals surface area (Å²) in [7, 11) is 0. The number of piperidine rings is 1. The fourth-order valence-corrected chi connectivity index (χ4v) is 6.19. The summed E-state index contributed by atoms with van der Waals surface area (Å²) >= 11 is 0. The van der Waals surface area contributed by atoms with Gasteiger partial charge in [0.15, 0.2) is 5.60 Å². The summed E-state index contributed by atoms with van der Waals surface area (Å²) in [6.45, 7) is 9.57. The van der Waals surface area contributed by atoms with E-state index in [4.69, 9.17) is 20.4 Å². The predicted molar refractivity (Wildman–Crippen MR) is 181 cm³/mol. The standard InChI is InChI=1S/C32H41NO2.C6H8O7/c1-31(2,3)26-18-16-25(17-19-26)30(34)15-10-22-33-23-20-29(21-24-33)32(35,27-11-6-4-7-12-27)28-13-8-5-9-14-28;7-3(8)1-6(13,5(11)12)2-4(9)10/h4-9,11-14,16-19,29-30,34-35H,10,15,20-24H2,1-3H3;13H,1-2H2,(H,7,8)(H,9,10)(H,11,12)/t30-;/m1./s1. The second-order valence-electron chi connectivity index (χ2n) is 13.6. The van der Waals surface area contributed by atoms with Crippen LogP contribution in [0.4, 0.5) is 0 Å². The van der Waals surface area contributed by atoms with Crippen LogP contribution in [0.1, 0.15) is 87.7 Å². The molecule has 1 atom stereocenters. The normalized spacial score (nSPS) is 15.2. The van der Waals surface area contributed by atoms with E-state index in [1.54, 1.807) is 0 Å². The third-order valence-electron chi connectivity index (χ3n) is 9.01. The smallest absolute Gasteiger partial charge is 0.336 e. The SMILES string of the molecule is CC(C)(C)c1ccc([C@H](O)CCCN2CCC(C(O)(c3ccccc3)c3ccccc3)CC2)cc1.O=C(O)CC(O)(CC(=O)O)C(=O)O. The van der Waals surface area contributed by atoms with Crippen LogP contribution in [0.15, 0.2) is 84.9 Å². The van der Waals surface area contributed by atoms with Gasteiger partial charge in [0.2, 0.25) is 0 Å². The highest BCUT2D eigenvalue weighted by Crippen LogP contribution is 2.42. The van der Waals surface area contributed by atoms with Crippen molar-refractivity contribution in [2.24, 2.45) is 5.92 Å². The van der Waals surface area contributed by atoms with Crippen molar-refractivity contribution in [2.45, 2.75) is 82.0 Å². The van der Waals surface area contributed by atoms with Gasteiger partial charge in [-0.3, -0.25) is 9.59 Å². The van der Waals surface area contributed by atoms with Gasteiger partial charge < -0.3 is 35.5 Å². The lowest BCUT2D eigenvalue weighted by Crippen LogP contribution is -2.44. The molecule has 3 aromatic carbocycles. The molecule has 1 aliphatic rings. The Morgan fingerprint density at radius 2 is 1.19 bits per heavy atom. The average molecular weight is 664 g/mol. The Morgan fingerprint density at radius 3 is 1.58 bits per heavy atom. The number of carboxylic acids is 3. The van der Waals surface area contributed by atoms with Crippen molar-refractivity contribution in [3.8, 4) is 0 Å². The molecule has 10 nitrogen and oxygen atoms in total. The summed E-state index contributed by atoms with van der Waals surface area (Å²) in [5, 5.41) is 56.6. The molecule has 260 valence electrons. The molecular weight excluding hydrogens is 614 g/mol. The van der Waals surface area contributed by atoms with Gasteiger partial charge in [-0.1, -0.05) is 106 Å². The molecule has 0 aliphatic carbocycles. The third kappa shape index (κ3) is 10.5. The van der Waals surface area contributed by atoms with Gasteiger partial charge in [-0.05, 0) is 78.9 Å². The number of rotatable bonds is 13. The summed E-state index contributed by atoms with van der Waals surface area (Å²) in [6, 6.07) is 28.7. The number of hydrogen-bond donors (Lipinski definition) is 6. The maximum Gasteiger partial charge on any atom is 0.336 e. The van der Waals surface area contributed by atoms with E-state index in [1.165, 1.54) is 5.56 Å². The highest BCUT2D eigenvalue weighted by Gasteiger charge is 2.42. The Hall–Kier alpha value is -4.09. The first-order valence-electron chi connectivity index (χ1n) is 16.3. The zero-order chi connectivity index (χ0) is 35.5. The number of likely N-dealkylation sites (tertiary alicyclic amines) is 1. The van der Waals surface area contributed by atoms with Crippen molar-refractivity contribution in [1.29, 1.82) is 0 Å². The molecule has 0 bridgehead atoms. The summed E-state index contributed by atoms with van der Waals surface area (Å²) in [4.78, 5) is 33.0. The first-order chi connectivity index (χ1) is 22.6. The van der Waals surface area contributed by atoms with Crippen LogP contribution in [0.25, 0.3) is 0 Å².